The van der Waals surface area contributed by atoms with Crippen LogP contribution in [0, 0.1) is 5.92 Å². The summed E-state index contributed by atoms with van der Waals surface area (Å²) in [4.78, 5) is 14.3. The van der Waals surface area contributed by atoms with E-state index in [9.17, 15) is 4.79 Å². The third kappa shape index (κ3) is 3.27. The van der Waals surface area contributed by atoms with E-state index in [1.54, 1.807) is 0 Å². The molecule has 0 bridgehead atoms. The minimum Gasteiger partial charge on any atom is -0.381 e. The zero-order valence-electron chi connectivity index (χ0n) is 9.86. The molecule has 0 saturated carbocycles. The van der Waals surface area contributed by atoms with Gasteiger partial charge >= 0.3 is 0 Å². The van der Waals surface area contributed by atoms with Crippen LogP contribution in [-0.4, -0.2) is 49.6 Å². The lowest BCUT2D eigenvalue weighted by molar-refractivity contribution is -0.127. The Labute approximate surface area is 97.1 Å². The standard InChI is InChI=1S/C12H22N2O2/c13-11-1-5-14(6-2-11)9-12(15)10-3-7-16-8-4-10/h10-11H,1-9,13H2. The number of nitrogens with two attached hydrogens (primary N) is 1. The second-order valence-corrected chi connectivity index (χ2v) is 4.97. The Kier molecular flexibility index (Phi) is 4.32. The second-order valence-electron chi connectivity index (χ2n) is 4.97. The Hall–Kier alpha value is -0.450. The quantitative estimate of drug-likeness (QED) is 0.757. The molecule has 0 aliphatic carbocycles. The van der Waals surface area contributed by atoms with Crippen molar-refractivity contribution in [2.75, 3.05) is 32.8 Å². The number of hydrogen-bond acceptors (Lipinski definition) is 4. The fourth-order valence-corrected chi connectivity index (χ4v) is 2.48. The third-order valence-electron chi connectivity index (χ3n) is 3.69. The predicted molar refractivity (Wildman–Crippen MR) is 62.2 cm³/mol. The molecule has 2 heterocycles. The van der Waals surface area contributed by atoms with Crippen LogP contribution in [0.1, 0.15) is 25.7 Å². The molecule has 2 aliphatic heterocycles. The first kappa shape index (κ1) is 12.0. The number of nitrogens with zero attached hydrogens (tertiary/aromatic N) is 1. The molecule has 4 nitrogen and oxygen atoms in total. The molecule has 2 aliphatic rings. The second kappa shape index (κ2) is 5.75. The highest BCUT2D eigenvalue weighted by atomic mass is 16.5. The zero-order chi connectivity index (χ0) is 11.4. The molecule has 0 radical (unpaired) electrons. The normalized spacial score (nSPS) is 25.8. The van der Waals surface area contributed by atoms with Crippen molar-refractivity contribution in [1.82, 2.24) is 4.90 Å². The van der Waals surface area contributed by atoms with Crippen molar-refractivity contribution >= 4 is 5.78 Å². The number of likely N-dealkylation sites (tertiary alicyclic amines) is 1. The molecule has 2 rings (SSSR count). The van der Waals surface area contributed by atoms with E-state index < -0.39 is 0 Å². The zero-order valence-corrected chi connectivity index (χ0v) is 9.86. The van der Waals surface area contributed by atoms with Crippen molar-refractivity contribution in [1.29, 1.82) is 0 Å². The molecule has 0 unspecified atom stereocenters. The van der Waals surface area contributed by atoms with E-state index in [0.29, 0.717) is 18.4 Å². The van der Waals surface area contributed by atoms with Crippen LogP contribution in [0.5, 0.6) is 0 Å². The first-order valence-electron chi connectivity index (χ1n) is 6.34. The average Bonchev–Trinajstić information content (AvgIpc) is 2.33. The fourth-order valence-electron chi connectivity index (χ4n) is 2.48. The van der Waals surface area contributed by atoms with E-state index in [4.69, 9.17) is 10.5 Å². The minimum atomic E-state index is 0.240. The van der Waals surface area contributed by atoms with Crippen molar-refractivity contribution in [3.05, 3.63) is 0 Å². The van der Waals surface area contributed by atoms with E-state index in [0.717, 1.165) is 52.0 Å². The molecular weight excluding hydrogens is 204 g/mol. The number of rotatable bonds is 3. The highest BCUT2D eigenvalue weighted by molar-refractivity contribution is 5.83. The van der Waals surface area contributed by atoms with Crippen molar-refractivity contribution in [2.24, 2.45) is 11.7 Å². The summed E-state index contributed by atoms with van der Waals surface area (Å²) in [5, 5.41) is 0. The summed E-state index contributed by atoms with van der Waals surface area (Å²) < 4.78 is 5.27. The average molecular weight is 226 g/mol. The predicted octanol–water partition coefficient (Wildman–Crippen LogP) is 0.405. The van der Waals surface area contributed by atoms with Gasteiger partial charge in [0.05, 0.1) is 6.54 Å². The summed E-state index contributed by atoms with van der Waals surface area (Å²) in [6.07, 6.45) is 3.88. The SMILES string of the molecule is NC1CCN(CC(=O)C2CCOCC2)CC1. The molecule has 0 spiro atoms. The smallest absolute Gasteiger partial charge is 0.150 e. The number of hydrogen-bond donors (Lipinski definition) is 1. The summed E-state index contributed by atoms with van der Waals surface area (Å²) in [6, 6.07) is 0.342. The summed E-state index contributed by atoms with van der Waals surface area (Å²) >= 11 is 0. The summed E-state index contributed by atoms with van der Waals surface area (Å²) in [5.74, 6) is 0.642. The highest BCUT2D eigenvalue weighted by Gasteiger charge is 2.24. The van der Waals surface area contributed by atoms with Crippen LogP contribution in [0.15, 0.2) is 0 Å². The van der Waals surface area contributed by atoms with Gasteiger partial charge in [-0.1, -0.05) is 0 Å². The van der Waals surface area contributed by atoms with Crippen molar-refractivity contribution in [3.8, 4) is 0 Å². The van der Waals surface area contributed by atoms with E-state index >= 15 is 0 Å². The van der Waals surface area contributed by atoms with Gasteiger partial charge in [-0.15, -0.1) is 0 Å². The summed E-state index contributed by atoms with van der Waals surface area (Å²) in [5.41, 5.74) is 5.84. The maximum atomic E-state index is 12.0. The number of piperidine rings is 1. The van der Waals surface area contributed by atoms with Gasteiger partial charge in [0.25, 0.3) is 0 Å². The number of Topliss-reactive ketones (excluding diaryl/α,β-unsaturated/α-hetero) is 1. The van der Waals surface area contributed by atoms with Crippen LogP contribution < -0.4 is 5.73 Å². The molecule has 0 atom stereocenters. The third-order valence-corrected chi connectivity index (χ3v) is 3.69. The van der Waals surface area contributed by atoms with Gasteiger partial charge in [-0.05, 0) is 25.7 Å². The lowest BCUT2D eigenvalue weighted by Gasteiger charge is -2.31. The number of ketones is 1. The van der Waals surface area contributed by atoms with Gasteiger partial charge in [0.1, 0.15) is 5.78 Å². The molecule has 4 heteroatoms. The Morgan fingerprint density at radius 1 is 1.19 bits per heavy atom. The Balaban J connectivity index is 1.73. The highest BCUT2D eigenvalue weighted by Crippen LogP contribution is 2.17. The minimum absolute atomic E-state index is 0.240. The molecular formula is C12H22N2O2. The largest absolute Gasteiger partial charge is 0.381 e. The van der Waals surface area contributed by atoms with Crippen LogP contribution in [0.2, 0.25) is 0 Å². The maximum absolute atomic E-state index is 12.0. The van der Waals surface area contributed by atoms with E-state index in [2.05, 4.69) is 4.90 Å². The van der Waals surface area contributed by atoms with Gasteiger partial charge in [0.15, 0.2) is 0 Å². The fraction of sp³-hybridized carbons (Fsp3) is 0.917. The van der Waals surface area contributed by atoms with Gasteiger partial charge < -0.3 is 10.5 Å². The van der Waals surface area contributed by atoms with Gasteiger partial charge in [-0.2, -0.15) is 0 Å². The van der Waals surface area contributed by atoms with Crippen LogP contribution in [-0.2, 0) is 9.53 Å². The maximum Gasteiger partial charge on any atom is 0.150 e. The Morgan fingerprint density at radius 3 is 2.44 bits per heavy atom. The molecule has 2 fully saturated rings. The van der Waals surface area contributed by atoms with Crippen LogP contribution in [0.3, 0.4) is 0 Å². The molecule has 2 saturated heterocycles. The molecule has 16 heavy (non-hydrogen) atoms. The van der Waals surface area contributed by atoms with Gasteiger partial charge in [-0.25, -0.2) is 0 Å². The van der Waals surface area contributed by atoms with Gasteiger partial charge in [0.2, 0.25) is 0 Å². The number of carbonyl (C=O) groups is 1. The monoisotopic (exact) mass is 226 g/mol. The Morgan fingerprint density at radius 2 is 1.81 bits per heavy atom. The van der Waals surface area contributed by atoms with Crippen LogP contribution in [0.4, 0.5) is 0 Å². The van der Waals surface area contributed by atoms with E-state index in [-0.39, 0.29) is 5.92 Å². The lowest BCUT2D eigenvalue weighted by Crippen LogP contribution is -2.43. The van der Waals surface area contributed by atoms with Crippen molar-refractivity contribution < 1.29 is 9.53 Å². The Bertz CT molecular complexity index is 231. The molecule has 0 amide bonds. The van der Waals surface area contributed by atoms with E-state index in [1.807, 2.05) is 0 Å². The topological polar surface area (TPSA) is 55.6 Å². The number of carbonyl (C=O) groups excluding carboxylic acids is 1. The lowest BCUT2D eigenvalue weighted by atomic mass is 9.94. The summed E-state index contributed by atoms with van der Waals surface area (Å²) in [6.45, 7) is 4.09. The van der Waals surface area contributed by atoms with Crippen molar-refractivity contribution in [3.63, 3.8) is 0 Å². The molecule has 92 valence electrons. The first-order valence-corrected chi connectivity index (χ1v) is 6.34. The van der Waals surface area contributed by atoms with Gasteiger partial charge in [0, 0.05) is 38.3 Å². The van der Waals surface area contributed by atoms with Crippen LogP contribution >= 0.6 is 0 Å². The van der Waals surface area contributed by atoms with Gasteiger partial charge in [-0.3, -0.25) is 9.69 Å². The molecule has 0 aromatic carbocycles. The molecule has 2 N–H and O–H groups in total. The van der Waals surface area contributed by atoms with E-state index in [1.165, 1.54) is 0 Å². The van der Waals surface area contributed by atoms with Crippen LogP contribution in [0.25, 0.3) is 0 Å². The first-order chi connectivity index (χ1) is 7.75. The van der Waals surface area contributed by atoms with Crippen molar-refractivity contribution in [2.45, 2.75) is 31.7 Å². The number of ether oxygens (including phenoxy) is 1. The molecule has 0 aromatic rings. The summed E-state index contributed by atoms with van der Waals surface area (Å²) in [7, 11) is 0. The molecule has 0 aromatic heterocycles.